The van der Waals surface area contributed by atoms with Gasteiger partial charge < -0.3 is 14.0 Å². The molecule has 0 aliphatic rings. The maximum atomic E-state index is 12.5. The number of aromatic nitrogens is 1. The Balaban J connectivity index is 1.87. The summed E-state index contributed by atoms with van der Waals surface area (Å²) in [6, 6.07) is 11.7. The van der Waals surface area contributed by atoms with Gasteiger partial charge in [0.05, 0.1) is 21.7 Å². The van der Waals surface area contributed by atoms with Crippen molar-refractivity contribution in [3.05, 3.63) is 62.9 Å². The third-order valence-corrected chi connectivity index (χ3v) is 5.64. The van der Waals surface area contributed by atoms with E-state index in [4.69, 9.17) is 9.47 Å². The quantitative estimate of drug-likeness (QED) is 0.289. The largest absolute Gasteiger partial charge is 0.484 e. The normalized spacial score (nSPS) is 11.7. The Morgan fingerprint density at radius 2 is 1.91 bits per heavy atom. The number of non-ortho nitro benzene ring substituents is 1. The van der Waals surface area contributed by atoms with Gasteiger partial charge in [0.2, 0.25) is 0 Å². The van der Waals surface area contributed by atoms with Gasteiger partial charge in [0.15, 0.2) is 11.4 Å². The molecule has 0 saturated heterocycles. The molecule has 1 heterocycles. The molecule has 0 radical (unpaired) electrons. The summed E-state index contributed by atoms with van der Waals surface area (Å²) in [7, 11) is 0. The summed E-state index contributed by atoms with van der Waals surface area (Å²) in [4.78, 5) is 39.4. The van der Waals surface area contributed by atoms with Crippen LogP contribution in [0.3, 0.4) is 0 Å². The Morgan fingerprint density at radius 1 is 1.19 bits per heavy atom. The molecule has 32 heavy (non-hydrogen) atoms. The van der Waals surface area contributed by atoms with Gasteiger partial charge in [-0.05, 0) is 36.6 Å². The first-order valence-corrected chi connectivity index (χ1v) is 10.8. The van der Waals surface area contributed by atoms with Crippen molar-refractivity contribution in [3.8, 4) is 5.75 Å². The molecule has 3 rings (SSSR count). The van der Waals surface area contributed by atoms with Crippen molar-refractivity contribution in [2.45, 2.75) is 33.2 Å². The van der Waals surface area contributed by atoms with E-state index in [0.717, 1.165) is 16.9 Å². The van der Waals surface area contributed by atoms with Gasteiger partial charge in [-0.2, -0.15) is 4.99 Å². The maximum absolute atomic E-state index is 12.5. The third kappa shape index (κ3) is 5.58. The third-order valence-electron chi connectivity index (χ3n) is 4.60. The number of fused-ring (bicyclic) bond motifs is 1. The van der Waals surface area contributed by atoms with Crippen molar-refractivity contribution in [1.29, 1.82) is 0 Å². The Labute approximate surface area is 188 Å². The molecule has 0 atom stereocenters. The second-order valence-corrected chi connectivity index (χ2v) is 8.21. The second-order valence-electron chi connectivity index (χ2n) is 7.20. The fourth-order valence-electron chi connectivity index (χ4n) is 2.98. The molecule has 0 saturated carbocycles. The standard InChI is InChI=1S/C22H23N3O6S/c1-4-30-21(27)12-24-18-10-7-16(25(28)29)11-19(18)32-22(24)23-20(26)13-31-17-8-5-15(6-9-17)14(2)3/h5-11,14H,4,12-13H2,1-3H3. The first-order chi connectivity index (χ1) is 15.3. The molecule has 1 amide bonds. The number of hydrogen-bond donors (Lipinski definition) is 0. The highest BCUT2D eigenvalue weighted by molar-refractivity contribution is 7.16. The van der Waals surface area contributed by atoms with E-state index in [9.17, 15) is 19.7 Å². The van der Waals surface area contributed by atoms with Crippen LogP contribution in [0.2, 0.25) is 0 Å². The fraction of sp³-hybridized carbons (Fsp3) is 0.318. The van der Waals surface area contributed by atoms with Crippen LogP contribution in [-0.4, -0.2) is 34.6 Å². The molecule has 3 aromatic rings. The lowest BCUT2D eigenvalue weighted by Gasteiger charge is -2.07. The smallest absolute Gasteiger partial charge is 0.326 e. The number of ether oxygens (including phenoxy) is 2. The maximum Gasteiger partial charge on any atom is 0.326 e. The summed E-state index contributed by atoms with van der Waals surface area (Å²) in [5.74, 6) is -0.110. The SMILES string of the molecule is CCOC(=O)Cn1c(=NC(=O)COc2ccc(C(C)C)cc2)sc2cc([N+](=O)[O-])ccc21. The fourth-order valence-corrected chi connectivity index (χ4v) is 4.06. The van der Waals surface area contributed by atoms with Crippen LogP contribution in [0, 0.1) is 10.1 Å². The van der Waals surface area contributed by atoms with Gasteiger partial charge in [-0.1, -0.05) is 37.3 Å². The average molecular weight is 458 g/mol. The summed E-state index contributed by atoms with van der Waals surface area (Å²) in [6.07, 6.45) is 0. The molecule has 1 aromatic heterocycles. The van der Waals surface area contributed by atoms with Gasteiger partial charge >= 0.3 is 5.97 Å². The van der Waals surface area contributed by atoms with Crippen LogP contribution in [0.5, 0.6) is 5.75 Å². The van der Waals surface area contributed by atoms with Crippen LogP contribution in [0.1, 0.15) is 32.3 Å². The summed E-state index contributed by atoms with van der Waals surface area (Å²) in [6.45, 7) is 5.62. The molecule has 9 nitrogen and oxygen atoms in total. The zero-order chi connectivity index (χ0) is 23.3. The average Bonchev–Trinajstić information content (AvgIpc) is 3.08. The molecule has 168 valence electrons. The van der Waals surface area contributed by atoms with E-state index < -0.39 is 16.8 Å². The van der Waals surface area contributed by atoms with Gasteiger partial charge in [-0.25, -0.2) is 0 Å². The zero-order valence-corrected chi connectivity index (χ0v) is 18.8. The predicted octanol–water partition coefficient (Wildman–Crippen LogP) is 3.80. The minimum absolute atomic E-state index is 0.0897. The number of benzene rings is 2. The molecule has 2 aromatic carbocycles. The number of thiazole rings is 1. The number of carbonyl (C=O) groups excluding carboxylic acids is 2. The number of nitrogens with zero attached hydrogens (tertiary/aromatic N) is 3. The molecule has 0 aliphatic carbocycles. The summed E-state index contributed by atoms with van der Waals surface area (Å²) in [5, 5.41) is 11.1. The van der Waals surface area contributed by atoms with Crippen molar-refractivity contribution in [1.82, 2.24) is 4.57 Å². The Kier molecular flexibility index (Phi) is 7.37. The van der Waals surface area contributed by atoms with Crippen molar-refractivity contribution >= 4 is 39.1 Å². The summed E-state index contributed by atoms with van der Waals surface area (Å²) < 4.78 is 12.6. The lowest BCUT2D eigenvalue weighted by Crippen LogP contribution is -2.24. The molecular weight excluding hydrogens is 434 g/mol. The summed E-state index contributed by atoms with van der Waals surface area (Å²) >= 11 is 1.08. The van der Waals surface area contributed by atoms with Gasteiger partial charge in [0, 0.05) is 12.1 Å². The van der Waals surface area contributed by atoms with Crippen LogP contribution in [0.25, 0.3) is 10.2 Å². The van der Waals surface area contributed by atoms with E-state index in [0.29, 0.717) is 21.9 Å². The molecule has 0 N–H and O–H groups in total. The van der Waals surface area contributed by atoms with Crippen molar-refractivity contribution in [3.63, 3.8) is 0 Å². The number of esters is 1. The monoisotopic (exact) mass is 457 g/mol. The zero-order valence-electron chi connectivity index (χ0n) is 17.9. The van der Waals surface area contributed by atoms with E-state index in [1.807, 2.05) is 12.1 Å². The lowest BCUT2D eigenvalue weighted by molar-refractivity contribution is -0.384. The highest BCUT2D eigenvalue weighted by atomic mass is 32.1. The first-order valence-electron chi connectivity index (χ1n) is 10.0. The van der Waals surface area contributed by atoms with E-state index in [1.54, 1.807) is 19.1 Å². The van der Waals surface area contributed by atoms with Crippen molar-refractivity contribution in [2.24, 2.45) is 4.99 Å². The van der Waals surface area contributed by atoms with Gasteiger partial charge in [0.25, 0.3) is 11.6 Å². The van der Waals surface area contributed by atoms with E-state index in [2.05, 4.69) is 18.8 Å². The van der Waals surface area contributed by atoms with Crippen molar-refractivity contribution in [2.75, 3.05) is 13.2 Å². The highest BCUT2D eigenvalue weighted by Crippen LogP contribution is 2.23. The molecule has 0 aliphatic heterocycles. The number of hydrogen-bond acceptors (Lipinski definition) is 7. The molecule has 0 unspecified atom stereocenters. The minimum atomic E-state index is -0.545. The van der Waals surface area contributed by atoms with E-state index in [1.165, 1.54) is 22.8 Å². The first kappa shape index (κ1) is 23.1. The second kappa shape index (κ2) is 10.2. The van der Waals surface area contributed by atoms with E-state index >= 15 is 0 Å². The van der Waals surface area contributed by atoms with Crippen LogP contribution < -0.4 is 9.54 Å². The molecule has 0 bridgehead atoms. The molecule has 0 spiro atoms. The molecule has 0 fully saturated rings. The Hall–Kier alpha value is -3.53. The Morgan fingerprint density at radius 3 is 2.53 bits per heavy atom. The van der Waals surface area contributed by atoms with Gasteiger partial charge in [-0.15, -0.1) is 0 Å². The van der Waals surface area contributed by atoms with Gasteiger partial charge in [-0.3, -0.25) is 19.7 Å². The predicted molar refractivity (Wildman–Crippen MR) is 120 cm³/mol. The number of amides is 1. The minimum Gasteiger partial charge on any atom is -0.484 e. The van der Waals surface area contributed by atoms with E-state index in [-0.39, 0.29) is 30.2 Å². The number of nitro groups is 1. The van der Waals surface area contributed by atoms with Crippen LogP contribution in [0.4, 0.5) is 5.69 Å². The Bertz CT molecular complexity index is 1210. The summed E-state index contributed by atoms with van der Waals surface area (Å²) in [5.41, 5.74) is 1.62. The van der Waals surface area contributed by atoms with Gasteiger partial charge in [0.1, 0.15) is 12.3 Å². The topological polar surface area (TPSA) is 113 Å². The van der Waals surface area contributed by atoms with Crippen LogP contribution in [0.15, 0.2) is 47.5 Å². The molecule has 10 heteroatoms. The highest BCUT2D eigenvalue weighted by Gasteiger charge is 2.15. The van der Waals surface area contributed by atoms with Crippen LogP contribution >= 0.6 is 11.3 Å². The van der Waals surface area contributed by atoms with Crippen LogP contribution in [-0.2, 0) is 20.9 Å². The number of nitro benzene ring substituents is 1. The molecular formula is C22H23N3O6S. The lowest BCUT2D eigenvalue weighted by atomic mass is 10.0. The number of rotatable bonds is 8. The van der Waals surface area contributed by atoms with Crippen molar-refractivity contribution < 1.29 is 24.0 Å². The number of carbonyl (C=O) groups is 2.